The summed E-state index contributed by atoms with van der Waals surface area (Å²) in [6, 6.07) is 25.6. The Hall–Kier alpha value is -2.89. The Morgan fingerprint density at radius 2 is 1.56 bits per heavy atom. The van der Waals surface area contributed by atoms with Crippen molar-refractivity contribution in [1.82, 2.24) is 4.90 Å². The van der Waals surface area contributed by atoms with E-state index in [1.54, 1.807) is 0 Å². The fourth-order valence-corrected chi connectivity index (χ4v) is 4.78. The van der Waals surface area contributed by atoms with Gasteiger partial charge in [-0.05, 0) is 67.9 Å². The normalized spacial score (nSPS) is 15.5. The molecule has 0 aliphatic carbocycles. The highest BCUT2D eigenvalue weighted by Crippen LogP contribution is 2.41. The van der Waals surface area contributed by atoms with E-state index in [1.165, 1.54) is 19.3 Å². The van der Waals surface area contributed by atoms with Crippen molar-refractivity contribution >= 4 is 38.5 Å². The molecule has 5 heteroatoms. The molecule has 4 aromatic rings. The molecule has 1 aliphatic heterocycles. The largest absolute Gasteiger partial charge is 0.457 e. The van der Waals surface area contributed by atoms with Gasteiger partial charge in [-0.25, -0.2) is 0 Å². The molecule has 5 rings (SSSR count). The molecule has 0 saturated carbocycles. The molecular formula is C27H25BrN2O2. The van der Waals surface area contributed by atoms with E-state index in [1.807, 2.05) is 54.6 Å². The van der Waals surface area contributed by atoms with E-state index in [-0.39, 0.29) is 11.9 Å². The first-order valence-corrected chi connectivity index (χ1v) is 11.9. The van der Waals surface area contributed by atoms with Crippen molar-refractivity contribution in [2.75, 3.05) is 18.4 Å². The Morgan fingerprint density at radius 3 is 2.31 bits per heavy atom. The molecule has 1 atom stereocenters. The van der Waals surface area contributed by atoms with Gasteiger partial charge in [-0.1, -0.05) is 64.8 Å². The van der Waals surface area contributed by atoms with Gasteiger partial charge in [0.25, 0.3) is 5.91 Å². The lowest BCUT2D eigenvalue weighted by Gasteiger charge is -2.34. The van der Waals surface area contributed by atoms with Gasteiger partial charge in [0, 0.05) is 15.4 Å². The number of carbonyl (C=O) groups excluding carboxylic acids is 1. The molecule has 0 radical (unpaired) electrons. The van der Waals surface area contributed by atoms with Crippen molar-refractivity contribution in [2.45, 2.75) is 25.3 Å². The average molecular weight is 489 g/mol. The first kappa shape index (κ1) is 21.0. The van der Waals surface area contributed by atoms with Crippen molar-refractivity contribution < 1.29 is 9.21 Å². The third-order valence-corrected chi connectivity index (χ3v) is 6.62. The molecule has 1 saturated heterocycles. The number of hydrogen-bond donors (Lipinski definition) is 1. The van der Waals surface area contributed by atoms with Gasteiger partial charge in [-0.2, -0.15) is 0 Å². The molecule has 162 valence electrons. The van der Waals surface area contributed by atoms with Crippen molar-refractivity contribution in [2.24, 2.45) is 0 Å². The van der Waals surface area contributed by atoms with Crippen LogP contribution in [0.25, 0.3) is 11.0 Å². The molecular weight excluding hydrogens is 464 g/mol. The van der Waals surface area contributed by atoms with Crippen molar-refractivity contribution in [3.05, 3.63) is 100 Å². The highest BCUT2D eigenvalue weighted by molar-refractivity contribution is 9.10. The summed E-state index contributed by atoms with van der Waals surface area (Å²) in [6.45, 7) is 2.01. The number of anilines is 1. The smallest absolute Gasteiger partial charge is 0.255 e. The number of likely N-dealkylation sites (tertiary alicyclic amines) is 1. The number of furan rings is 1. The predicted molar refractivity (Wildman–Crippen MR) is 132 cm³/mol. The van der Waals surface area contributed by atoms with Gasteiger partial charge in [0.2, 0.25) is 0 Å². The van der Waals surface area contributed by atoms with E-state index in [4.69, 9.17) is 4.42 Å². The number of rotatable bonds is 5. The van der Waals surface area contributed by atoms with Gasteiger partial charge in [0.05, 0.1) is 11.7 Å². The third kappa shape index (κ3) is 4.23. The Morgan fingerprint density at radius 1 is 0.875 bits per heavy atom. The van der Waals surface area contributed by atoms with Crippen LogP contribution in [0.4, 0.5) is 5.69 Å². The van der Waals surface area contributed by atoms with Gasteiger partial charge in [0.15, 0.2) is 0 Å². The van der Waals surface area contributed by atoms with E-state index in [9.17, 15) is 4.79 Å². The molecule has 1 fully saturated rings. The minimum Gasteiger partial charge on any atom is -0.457 e. The molecule has 0 unspecified atom stereocenters. The van der Waals surface area contributed by atoms with Crippen LogP contribution in [-0.4, -0.2) is 23.9 Å². The zero-order valence-electron chi connectivity index (χ0n) is 17.8. The monoisotopic (exact) mass is 488 g/mol. The van der Waals surface area contributed by atoms with Gasteiger partial charge in [-0.15, -0.1) is 0 Å². The maximum absolute atomic E-state index is 13.1. The zero-order valence-corrected chi connectivity index (χ0v) is 19.3. The van der Waals surface area contributed by atoms with E-state index < -0.39 is 0 Å². The highest BCUT2D eigenvalue weighted by atomic mass is 79.9. The number of piperidine rings is 1. The third-order valence-electron chi connectivity index (χ3n) is 6.09. The average Bonchev–Trinajstić information content (AvgIpc) is 3.19. The van der Waals surface area contributed by atoms with Crippen LogP contribution in [0.3, 0.4) is 0 Å². The van der Waals surface area contributed by atoms with E-state index in [0.29, 0.717) is 5.56 Å². The topological polar surface area (TPSA) is 45.5 Å². The molecule has 0 bridgehead atoms. The van der Waals surface area contributed by atoms with Gasteiger partial charge < -0.3 is 9.73 Å². The van der Waals surface area contributed by atoms with Gasteiger partial charge >= 0.3 is 0 Å². The number of hydrogen-bond acceptors (Lipinski definition) is 3. The molecule has 0 spiro atoms. The molecule has 1 aliphatic rings. The van der Waals surface area contributed by atoms with Crippen molar-refractivity contribution in [3.8, 4) is 0 Å². The van der Waals surface area contributed by atoms with Gasteiger partial charge in [0.1, 0.15) is 11.3 Å². The maximum atomic E-state index is 13.1. The van der Waals surface area contributed by atoms with Gasteiger partial charge in [-0.3, -0.25) is 9.69 Å². The summed E-state index contributed by atoms with van der Waals surface area (Å²) in [5, 5.41) is 4.10. The summed E-state index contributed by atoms with van der Waals surface area (Å²) in [6.07, 6.45) is 3.58. The fraction of sp³-hybridized carbons (Fsp3) is 0.222. The van der Waals surface area contributed by atoms with Crippen LogP contribution < -0.4 is 5.32 Å². The van der Waals surface area contributed by atoms with Crippen LogP contribution in [0.1, 0.15) is 47.0 Å². The summed E-state index contributed by atoms with van der Waals surface area (Å²) in [5.41, 5.74) is 3.32. The SMILES string of the molecule is O=C(Nc1c([C@@H](c2ccc(Br)cc2)N2CCCCC2)oc2ccccc12)c1ccccc1. The number of amides is 1. The highest BCUT2D eigenvalue weighted by Gasteiger charge is 2.31. The maximum Gasteiger partial charge on any atom is 0.255 e. The summed E-state index contributed by atoms with van der Waals surface area (Å²) < 4.78 is 7.51. The number of carbonyl (C=O) groups is 1. The lowest BCUT2D eigenvalue weighted by atomic mass is 9.98. The lowest BCUT2D eigenvalue weighted by molar-refractivity contribution is 0.102. The first-order valence-electron chi connectivity index (χ1n) is 11.1. The van der Waals surface area contributed by atoms with Crippen molar-refractivity contribution in [3.63, 3.8) is 0 Å². The van der Waals surface area contributed by atoms with E-state index >= 15 is 0 Å². The van der Waals surface area contributed by atoms with Crippen LogP contribution in [0.5, 0.6) is 0 Å². The summed E-state index contributed by atoms with van der Waals surface area (Å²) >= 11 is 3.55. The number of halogens is 1. The molecule has 3 aromatic carbocycles. The van der Waals surface area contributed by atoms with Crippen LogP contribution in [0, 0.1) is 0 Å². The van der Waals surface area contributed by atoms with Crippen LogP contribution in [0.2, 0.25) is 0 Å². The second-order valence-electron chi connectivity index (χ2n) is 8.21. The number of para-hydroxylation sites is 1. The molecule has 1 N–H and O–H groups in total. The Bertz CT molecular complexity index is 1210. The molecule has 32 heavy (non-hydrogen) atoms. The Balaban J connectivity index is 1.63. The number of fused-ring (bicyclic) bond motifs is 1. The van der Waals surface area contributed by atoms with Crippen LogP contribution in [0.15, 0.2) is 87.8 Å². The molecule has 1 amide bonds. The lowest BCUT2D eigenvalue weighted by Crippen LogP contribution is -2.34. The molecule has 2 heterocycles. The second kappa shape index (κ2) is 9.31. The minimum atomic E-state index is -0.133. The van der Waals surface area contributed by atoms with Crippen molar-refractivity contribution in [1.29, 1.82) is 0 Å². The number of nitrogens with zero attached hydrogens (tertiary/aromatic N) is 1. The number of benzene rings is 3. The quantitative estimate of drug-likeness (QED) is 0.328. The predicted octanol–water partition coefficient (Wildman–Crippen LogP) is 7.02. The zero-order chi connectivity index (χ0) is 21.9. The summed E-state index contributed by atoms with van der Waals surface area (Å²) in [5.74, 6) is 0.659. The second-order valence-corrected chi connectivity index (χ2v) is 9.12. The minimum absolute atomic E-state index is 0.0677. The van der Waals surface area contributed by atoms with E-state index in [2.05, 4.69) is 50.4 Å². The van der Waals surface area contributed by atoms with Crippen LogP contribution >= 0.6 is 15.9 Å². The summed E-state index contributed by atoms with van der Waals surface area (Å²) in [4.78, 5) is 15.6. The van der Waals surface area contributed by atoms with E-state index in [0.717, 1.165) is 45.5 Å². The summed E-state index contributed by atoms with van der Waals surface area (Å²) in [7, 11) is 0. The standard InChI is InChI=1S/C27H25BrN2O2/c28-21-15-13-19(14-16-21)25(30-17-7-2-8-18-30)26-24(22-11-5-6-12-23(22)32-26)29-27(31)20-9-3-1-4-10-20/h1,3-6,9-16,25H,2,7-8,17-18H2,(H,29,31)/t25-/m1/s1. The fourth-order valence-electron chi connectivity index (χ4n) is 4.51. The number of nitrogens with one attached hydrogen (secondary N) is 1. The molecule has 1 aromatic heterocycles. The molecule has 4 nitrogen and oxygen atoms in total. The Kier molecular flexibility index (Phi) is 6.10. The van der Waals surface area contributed by atoms with Crippen LogP contribution in [-0.2, 0) is 0 Å². The Labute approximate surface area is 196 Å². The first-order chi connectivity index (χ1) is 15.7.